The molecule has 35 heavy (non-hydrogen) atoms. The predicted octanol–water partition coefficient (Wildman–Crippen LogP) is 3.35. The number of piperazine rings is 1. The van der Waals surface area contributed by atoms with E-state index in [1.807, 2.05) is 19.9 Å². The lowest BCUT2D eigenvalue weighted by molar-refractivity contribution is 0.0691. The lowest BCUT2D eigenvalue weighted by Gasteiger charge is -2.34. The summed E-state index contributed by atoms with van der Waals surface area (Å²) in [4.78, 5) is 28.3. The highest BCUT2D eigenvalue weighted by atomic mass is 32.2. The van der Waals surface area contributed by atoms with Crippen LogP contribution in [0, 0.1) is 13.8 Å². The van der Waals surface area contributed by atoms with Crippen LogP contribution < -0.4 is 5.56 Å². The molecule has 0 N–H and O–H groups in total. The number of sulfonamides is 1. The highest BCUT2D eigenvalue weighted by Gasteiger charge is 2.32. The first kappa shape index (κ1) is 25.1. The smallest absolute Gasteiger partial charge is 0.275 e. The van der Waals surface area contributed by atoms with E-state index in [0.29, 0.717) is 17.3 Å². The summed E-state index contributed by atoms with van der Waals surface area (Å²) in [5.41, 5.74) is 2.00. The Kier molecular flexibility index (Phi) is 7.37. The van der Waals surface area contributed by atoms with Gasteiger partial charge in [0.15, 0.2) is 5.69 Å². The molecule has 9 heteroatoms. The molecule has 4 rings (SSSR count). The molecule has 2 aromatic carbocycles. The van der Waals surface area contributed by atoms with Crippen LogP contribution in [0.15, 0.2) is 52.2 Å². The van der Waals surface area contributed by atoms with E-state index in [0.717, 1.165) is 30.4 Å². The Morgan fingerprint density at radius 2 is 1.63 bits per heavy atom. The number of nitrogens with zero attached hydrogens (tertiary/aromatic N) is 4. The molecule has 8 nitrogen and oxygen atoms in total. The van der Waals surface area contributed by atoms with E-state index >= 15 is 0 Å². The standard InChI is InChI=1S/C26H32N4O4S/c1-4-5-8-13-30-25(31)23-10-7-6-9-22(23)24(27-30)26(32)28-14-16-29(17-15-28)35(33,34)21-12-11-19(2)20(3)18-21/h6-7,9-12,18H,4-5,8,13-17H2,1-3H3. The number of hydrogen-bond donors (Lipinski definition) is 0. The van der Waals surface area contributed by atoms with Gasteiger partial charge in [0.25, 0.3) is 11.5 Å². The van der Waals surface area contributed by atoms with Crippen LogP contribution in [0.25, 0.3) is 10.8 Å². The molecule has 0 atom stereocenters. The topological polar surface area (TPSA) is 92.6 Å². The number of benzene rings is 2. The van der Waals surface area contributed by atoms with Crippen LogP contribution in [0.2, 0.25) is 0 Å². The molecular formula is C26H32N4O4S. The summed E-state index contributed by atoms with van der Waals surface area (Å²) >= 11 is 0. The third kappa shape index (κ3) is 5.01. The summed E-state index contributed by atoms with van der Waals surface area (Å²) in [7, 11) is -3.64. The van der Waals surface area contributed by atoms with Crippen LogP contribution in [0.1, 0.15) is 47.8 Å². The van der Waals surface area contributed by atoms with Crippen molar-refractivity contribution in [2.75, 3.05) is 26.2 Å². The molecular weight excluding hydrogens is 464 g/mol. The minimum absolute atomic E-state index is 0.197. The van der Waals surface area contributed by atoms with E-state index in [2.05, 4.69) is 12.0 Å². The van der Waals surface area contributed by atoms with Gasteiger partial charge in [-0.3, -0.25) is 9.59 Å². The molecule has 3 aromatic rings. The average Bonchev–Trinajstić information content (AvgIpc) is 2.87. The number of hydrogen-bond acceptors (Lipinski definition) is 5. The zero-order chi connectivity index (χ0) is 25.2. The van der Waals surface area contributed by atoms with Gasteiger partial charge in [0.2, 0.25) is 10.0 Å². The third-order valence-corrected chi connectivity index (χ3v) is 8.58. The maximum atomic E-state index is 13.5. The lowest BCUT2D eigenvalue weighted by atomic mass is 10.1. The van der Waals surface area contributed by atoms with Gasteiger partial charge >= 0.3 is 0 Å². The molecule has 0 bridgehead atoms. The molecule has 0 aliphatic carbocycles. The number of aromatic nitrogens is 2. The summed E-state index contributed by atoms with van der Waals surface area (Å²) in [6.45, 7) is 7.31. The van der Waals surface area contributed by atoms with Gasteiger partial charge in [0.1, 0.15) is 0 Å². The Balaban J connectivity index is 1.56. The molecule has 1 fully saturated rings. The second kappa shape index (κ2) is 10.3. The second-order valence-corrected chi connectivity index (χ2v) is 11.0. The fourth-order valence-electron chi connectivity index (χ4n) is 4.36. The zero-order valence-corrected chi connectivity index (χ0v) is 21.3. The van der Waals surface area contributed by atoms with Crippen molar-refractivity contribution in [2.45, 2.75) is 51.5 Å². The SMILES string of the molecule is CCCCCn1nc(C(=O)N2CCN(S(=O)(=O)c3ccc(C)c(C)c3)CC2)c2ccccc2c1=O. The molecule has 1 amide bonds. The van der Waals surface area contributed by atoms with Crippen molar-refractivity contribution in [3.05, 3.63) is 69.6 Å². The summed E-state index contributed by atoms with van der Waals surface area (Å²) in [5, 5.41) is 5.46. The summed E-state index contributed by atoms with van der Waals surface area (Å²) in [6.07, 6.45) is 2.80. The predicted molar refractivity (Wildman–Crippen MR) is 136 cm³/mol. The van der Waals surface area contributed by atoms with Gasteiger partial charge in [-0.25, -0.2) is 13.1 Å². The highest BCUT2D eigenvalue weighted by molar-refractivity contribution is 7.89. The first-order chi connectivity index (χ1) is 16.7. The van der Waals surface area contributed by atoms with Crippen molar-refractivity contribution in [2.24, 2.45) is 0 Å². The molecule has 1 aliphatic heterocycles. The number of carbonyl (C=O) groups is 1. The maximum Gasteiger partial charge on any atom is 0.275 e. The first-order valence-corrected chi connectivity index (χ1v) is 13.5. The summed E-state index contributed by atoms with van der Waals surface area (Å²) < 4.78 is 29.1. The molecule has 186 valence electrons. The van der Waals surface area contributed by atoms with E-state index < -0.39 is 10.0 Å². The highest BCUT2D eigenvalue weighted by Crippen LogP contribution is 2.22. The summed E-state index contributed by atoms with van der Waals surface area (Å²) in [6, 6.07) is 12.2. The number of amides is 1. The Morgan fingerprint density at radius 1 is 0.943 bits per heavy atom. The molecule has 0 radical (unpaired) electrons. The van der Waals surface area contributed by atoms with Gasteiger partial charge in [-0.05, 0) is 49.6 Å². The van der Waals surface area contributed by atoms with Gasteiger partial charge in [-0.15, -0.1) is 0 Å². The number of carbonyl (C=O) groups excluding carboxylic acids is 1. The quantitative estimate of drug-likeness (QED) is 0.468. The van der Waals surface area contributed by atoms with E-state index in [-0.39, 0.29) is 48.2 Å². The average molecular weight is 497 g/mol. The normalized spacial score (nSPS) is 15.0. The van der Waals surface area contributed by atoms with Crippen LogP contribution in [0.3, 0.4) is 0 Å². The number of fused-ring (bicyclic) bond motifs is 1. The number of aryl methyl sites for hydroxylation is 3. The van der Waals surface area contributed by atoms with Crippen LogP contribution in [0.4, 0.5) is 0 Å². The molecule has 0 unspecified atom stereocenters. The van der Waals surface area contributed by atoms with Crippen molar-refractivity contribution < 1.29 is 13.2 Å². The Morgan fingerprint density at radius 3 is 2.29 bits per heavy atom. The second-order valence-electron chi connectivity index (χ2n) is 9.07. The van der Waals surface area contributed by atoms with Crippen molar-refractivity contribution in [3.8, 4) is 0 Å². The van der Waals surface area contributed by atoms with Gasteiger partial charge in [-0.2, -0.15) is 9.40 Å². The van der Waals surface area contributed by atoms with Crippen molar-refractivity contribution in [1.82, 2.24) is 19.0 Å². The minimum atomic E-state index is -3.64. The van der Waals surface area contributed by atoms with Crippen LogP contribution in [-0.2, 0) is 16.6 Å². The Hall–Kier alpha value is -3.04. The van der Waals surface area contributed by atoms with E-state index in [1.165, 1.54) is 8.99 Å². The van der Waals surface area contributed by atoms with Crippen molar-refractivity contribution >= 4 is 26.7 Å². The van der Waals surface area contributed by atoms with Gasteiger partial charge in [0.05, 0.1) is 10.3 Å². The van der Waals surface area contributed by atoms with E-state index in [1.54, 1.807) is 41.3 Å². The monoisotopic (exact) mass is 496 g/mol. The summed E-state index contributed by atoms with van der Waals surface area (Å²) in [5.74, 6) is -0.284. The third-order valence-electron chi connectivity index (χ3n) is 6.69. The Bertz CT molecular complexity index is 1410. The van der Waals surface area contributed by atoms with Gasteiger partial charge < -0.3 is 4.90 Å². The van der Waals surface area contributed by atoms with Crippen LogP contribution in [0.5, 0.6) is 0 Å². The number of unbranched alkanes of at least 4 members (excludes halogenated alkanes) is 2. The Labute approximate surface area is 206 Å². The molecule has 1 aliphatic rings. The number of rotatable bonds is 7. The largest absolute Gasteiger partial charge is 0.335 e. The lowest BCUT2D eigenvalue weighted by Crippen LogP contribution is -2.50. The maximum absolute atomic E-state index is 13.5. The van der Waals surface area contributed by atoms with Crippen molar-refractivity contribution in [1.29, 1.82) is 0 Å². The first-order valence-electron chi connectivity index (χ1n) is 12.1. The van der Waals surface area contributed by atoms with Crippen LogP contribution in [-0.4, -0.2) is 59.5 Å². The molecule has 0 saturated carbocycles. The fourth-order valence-corrected chi connectivity index (χ4v) is 5.87. The molecule has 2 heterocycles. The zero-order valence-electron chi connectivity index (χ0n) is 20.5. The molecule has 1 saturated heterocycles. The fraction of sp³-hybridized carbons (Fsp3) is 0.423. The van der Waals surface area contributed by atoms with Gasteiger partial charge in [-0.1, -0.05) is 44.0 Å². The van der Waals surface area contributed by atoms with E-state index in [9.17, 15) is 18.0 Å². The molecule has 1 aromatic heterocycles. The van der Waals surface area contributed by atoms with E-state index in [4.69, 9.17) is 0 Å². The van der Waals surface area contributed by atoms with Gasteiger partial charge in [0, 0.05) is 38.1 Å². The molecule has 0 spiro atoms. The van der Waals surface area contributed by atoms with Crippen molar-refractivity contribution in [3.63, 3.8) is 0 Å². The minimum Gasteiger partial charge on any atom is -0.335 e. The van der Waals surface area contributed by atoms with Crippen LogP contribution >= 0.6 is 0 Å².